The van der Waals surface area contributed by atoms with Crippen LogP contribution in [-0.4, -0.2) is 79.4 Å². The second-order valence-electron chi connectivity index (χ2n) is 8.30. The zero-order valence-corrected chi connectivity index (χ0v) is 18.2. The van der Waals surface area contributed by atoms with Gasteiger partial charge in [-0.05, 0) is 46.5 Å². The molecule has 0 radical (unpaired) electrons. The van der Waals surface area contributed by atoms with Crippen LogP contribution in [0, 0.1) is 5.92 Å². The third kappa shape index (κ3) is 9.14. The maximum Gasteiger partial charge on any atom is 0.410 e. The molecule has 0 spiro atoms. The molecule has 0 aromatic heterocycles. The molecule has 9 nitrogen and oxygen atoms in total. The number of hydrogen-bond acceptors (Lipinski definition) is 5. The molecule has 0 aromatic carbocycles. The number of guanidine groups is 1. The van der Waals surface area contributed by atoms with Crippen LogP contribution >= 0.6 is 0 Å². The highest BCUT2D eigenvalue weighted by Crippen LogP contribution is 2.12. The highest BCUT2D eigenvalue weighted by molar-refractivity contribution is 5.78. The molecule has 0 bridgehead atoms. The largest absolute Gasteiger partial charge is 0.450 e. The van der Waals surface area contributed by atoms with Crippen molar-refractivity contribution in [2.24, 2.45) is 16.6 Å². The lowest BCUT2D eigenvalue weighted by atomic mass is 10.1. The maximum absolute atomic E-state index is 12.0. The fourth-order valence-corrected chi connectivity index (χ4v) is 2.87. The van der Waals surface area contributed by atoms with Gasteiger partial charge in [-0.15, -0.1) is 0 Å². The van der Waals surface area contributed by atoms with Crippen LogP contribution in [0.3, 0.4) is 0 Å². The quantitative estimate of drug-likeness (QED) is 0.522. The van der Waals surface area contributed by atoms with E-state index >= 15 is 0 Å². The van der Waals surface area contributed by atoms with E-state index < -0.39 is 5.60 Å². The number of aliphatic imine (C=N–C) groups is 1. The Labute approximate surface area is 168 Å². The number of nitrogens with zero attached hydrogens (tertiary/aromatic N) is 3. The molecule has 2 amide bonds. The van der Waals surface area contributed by atoms with Crippen molar-refractivity contribution < 1.29 is 19.1 Å². The van der Waals surface area contributed by atoms with E-state index in [1.165, 1.54) is 0 Å². The van der Waals surface area contributed by atoms with E-state index in [1.807, 2.05) is 27.7 Å². The van der Waals surface area contributed by atoms with Crippen LogP contribution in [0.1, 0.15) is 47.5 Å². The van der Waals surface area contributed by atoms with Crippen molar-refractivity contribution in [3.05, 3.63) is 0 Å². The van der Waals surface area contributed by atoms with Crippen molar-refractivity contribution in [2.45, 2.75) is 59.1 Å². The summed E-state index contributed by atoms with van der Waals surface area (Å²) in [6, 6.07) is 0.189. The van der Waals surface area contributed by atoms with E-state index in [0.29, 0.717) is 38.7 Å². The Kier molecular flexibility index (Phi) is 9.34. The first kappa shape index (κ1) is 23.8. The summed E-state index contributed by atoms with van der Waals surface area (Å²) in [5.74, 6) is 0.532. The molecule has 0 aliphatic carbocycles. The van der Waals surface area contributed by atoms with Crippen LogP contribution in [0.4, 0.5) is 9.59 Å². The van der Waals surface area contributed by atoms with Gasteiger partial charge >= 0.3 is 12.2 Å². The number of rotatable bonds is 6. The Bertz CT molecular complexity index is 539. The molecule has 162 valence electrons. The number of carbonyl (C=O) groups excluding carboxylic acids is 2. The number of amides is 2. The smallest absolute Gasteiger partial charge is 0.410 e. The van der Waals surface area contributed by atoms with Gasteiger partial charge in [0.25, 0.3) is 0 Å². The van der Waals surface area contributed by atoms with Crippen molar-refractivity contribution in [1.82, 2.24) is 15.1 Å². The summed E-state index contributed by atoms with van der Waals surface area (Å²) in [6.07, 6.45) is 0.992. The minimum atomic E-state index is -0.510. The van der Waals surface area contributed by atoms with Crippen LogP contribution < -0.4 is 11.1 Å². The lowest BCUT2D eigenvalue weighted by molar-refractivity contribution is 0.0278. The van der Waals surface area contributed by atoms with Gasteiger partial charge in [0.2, 0.25) is 0 Å². The number of nitrogens with one attached hydrogen (secondary N) is 1. The van der Waals surface area contributed by atoms with Crippen LogP contribution in [0.15, 0.2) is 4.99 Å². The Morgan fingerprint density at radius 1 is 1.32 bits per heavy atom. The average molecular weight is 400 g/mol. The first-order chi connectivity index (χ1) is 13.0. The van der Waals surface area contributed by atoms with Gasteiger partial charge in [0.05, 0.1) is 6.61 Å². The molecule has 1 fully saturated rings. The number of carbonyl (C=O) groups is 2. The molecule has 0 saturated carbocycles. The molecule has 1 unspecified atom stereocenters. The number of piperidine rings is 1. The van der Waals surface area contributed by atoms with Crippen LogP contribution in [-0.2, 0) is 9.47 Å². The van der Waals surface area contributed by atoms with E-state index in [0.717, 1.165) is 12.8 Å². The van der Waals surface area contributed by atoms with E-state index in [1.54, 1.807) is 23.8 Å². The highest BCUT2D eigenvalue weighted by atomic mass is 16.6. The van der Waals surface area contributed by atoms with Crippen LogP contribution in [0.25, 0.3) is 0 Å². The molecule has 1 atom stereocenters. The number of ether oxygens (including phenoxy) is 2. The second kappa shape index (κ2) is 11.0. The van der Waals surface area contributed by atoms with Gasteiger partial charge < -0.3 is 30.3 Å². The van der Waals surface area contributed by atoms with Crippen molar-refractivity contribution in [2.75, 3.05) is 39.8 Å². The lowest BCUT2D eigenvalue weighted by Crippen LogP contribution is -2.48. The maximum atomic E-state index is 12.0. The van der Waals surface area contributed by atoms with Crippen LogP contribution in [0.5, 0.6) is 0 Å². The van der Waals surface area contributed by atoms with Gasteiger partial charge in [0.1, 0.15) is 5.60 Å². The number of nitrogens with two attached hydrogens (primary N) is 1. The van der Waals surface area contributed by atoms with Gasteiger partial charge in [-0.2, -0.15) is 0 Å². The summed E-state index contributed by atoms with van der Waals surface area (Å²) in [5, 5.41) is 3.22. The monoisotopic (exact) mass is 399 g/mol. The summed E-state index contributed by atoms with van der Waals surface area (Å²) in [6.45, 7) is 12.0. The van der Waals surface area contributed by atoms with Gasteiger partial charge in [0.15, 0.2) is 5.96 Å². The topological polar surface area (TPSA) is 109 Å². The third-order valence-corrected chi connectivity index (χ3v) is 4.24. The third-order valence-electron chi connectivity index (χ3n) is 4.24. The Morgan fingerprint density at radius 2 is 1.93 bits per heavy atom. The Hall–Kier alpha value is -2.19. The summed E-state index contributed by atoms with van der Waals surface area (Å²) in [5.41, 5.74) is 5.49. The van der Waals surface area contributed by atoms with Gasteiger partial charge in [0, 0.05) is 39.3 Å². The molecular weight excluding hydrogens is 362 g/mol. The first-order valence-electron chi connectivity index (χ1n) is 9.94. The zero-order valence-electron chi connectivity index (χ0n) is 18.2. The van der Waals surface area contributed by atoms with Crippen LogP contribution in [0.2, 0.25) is 0 Å². The lowest BCUT2D eigenvalue weighted by Gasteiger charge is -2.31. The predicted molar refractivity (Wildman–Crippen MR) is 109 cm³/mol. The van der Waals surface area contributed by atoms with E-state index in [2.05, 4.69) is 10.3 Å². The fourth-order valence-electron chi connectivity index (χ4n) is 2.87. The van der Waals surface area contributed by atoms with Gasteiger partial charge in [-0.25, -0.2) is 9.59 Å². The number of hydrogen-bond donors (Lipinski definition) is 2. The van der Waals surface area contributed by atoms with E-state index in [4.69, 9.17) is 15.2 Å². The van der Waals surface area contributed by atoms with E-state index in [-0.39, 0.29) is 24.1 Å². The second-order valence-corrected chi connectivity index (χ2v) is 8.30. The minimum Gasteiger partial charge on any atom is -0.450 e. The molecule has 1 saturated heterocycles. The standard InChI is InChI=1S/C19H37N5O4/c1-7-27-18(26)24-10-8-15(9-11-24)22-16(20)21-12-14(2)13-23(6)17(25)28-19(3,4)5/h14-15H,7-13H2,1-6H3,(H3,20,21,22). The fraction of sp³-hybridized carbons (Fsp3) is 0.842. The molecule has 1 aliphatic heterocycles. The molecule has 3 N–H and O–H groups in total. The summed E-state index contributed by atoms with van der Waals surface area (Å²) in [4.78, 5) is 31.4. The molecule has 28 heavy (non-hydrogen) atoms. The summed E-state index contributed by atoms with van der Waals surface area (Å²) >= 11 is 0. The van der Waals surface area contributed by atoms with Crippen molar-refractivity contribution >= 4 is 18.1 Å². The van der Waals surface area contributed by atoms with Crippen molar-refractivity contribution in [3.63, 3.8) is 0 Å². The number of likely N-dealkylation sites (tertiary alicyclic amines) is 1. The molecule has 1 heterocycles. The predicted octanol–water partition coefficient (Wildman–Crippen LogP) is 2.01. The normalized spacial score (nSPS) is 17.1. The molecule has 1 aliphatic rings. The van der Waals surface area contributed by atoms with Crippen molar-refractivity contribution in [3.8, 4) is 0 Å². The summed E-state index contributed by atoms with van der Waals surface area (Å²) < 4.78 is 10.4. The van der Waals surface area contributed by atoms with Gasteiger partial charge in [-0.3, -0.25) is 4.99 Å². The minimum absolute atomic E-state index is 0.142. The van der Waals surface area contributed by atoms with Crippen molar-refractivity contribution in [1.29, 1.82) is 0 Å². The average Bonchev–Trinajstić information content (AvgIpc) is 2.59. The van der Waals surface area contributed by atoms with Gasteiger partial charge in [-0.1, -0.05) is 6.92 Å². The Balaban J connectivity index is 2.34. The zero-order chi connectivity index (χ0) is 21.3. The van der Waals surface area contributed by atoms with E-state index in [9.17, 15) is 9.59 Å². The molecule has 0 aromatic rings. The SMILES string of the molecule is CCOC(=O)N1CCC(NC(N)=NCC(C)CN(C)C(=O)OC(C)(C)C)CC1. The molecule has 1 rings (SSSR count). The first-order valence-corrected chi connectivity index (χ1v) is 9.94. The highest BCUT2D eigenvalue weighted by Gasteiger charge is 2.24. The molecular formula is C19H37N5O4. The summed E-state index contributed by atoms with van der Waals surface area (Å²) in [7, 11) is 1.72. The molecule has 9 heteroatoms. The Morgan fingerprint density at radius 3 is 2.46 bits per heavy atom.